The van der Waals surface area contributed by atoms with Gasteiger partial charge in [0.2, 0.25) is 5.28 Å². The molecule has 0 aliphatic carbocycles. The van der Waals surface area contributed by atoms with Crippen LogP contribution >= 0.6 is 11.6 Å². The van der Waals surface area contributed by atoms with Crippen LogP contribution in [0.15, 0.2) is 6.20 Å². The molecule has 3 N–H and O–H groups in total. The minimum Gasteiger partial charge on any atom is -0.394 e. The Bertz CT molecular complexity index is 307. The third-order valence-electron chi connectivity index (χ3n) is 1.59. The van der Waals surface area contributed by atoms with Crippen molar-refractivity contribution >= 4 is 23.1 Å². The number of aromatic nitrogens is 2. The van der Waals surface area contributed by atoms with Crippen molar-refractivity contribution < 1.29 is 4.74 Å². The number of ether oxygens (including phenoxy) is 1. The van der Waals surface area contributed by atoms with Gasteiger partial charge in [-0.2, -0.15) is 4.98 Å². The van der Waals surface area contributed by atoms with Crippen molar-refractivity contribution in [1.82, 2.24) is 9.97 Å². The van der Waals surface area contributed by atoms with E-state index in [1.54, 1.807) is 7.11 Å². The maximum absolute atomic E-state index is 5.65. The van der Waals surface area contributed by atoms with E-state index in [1.807, 2.05) is 6.92 Å². The second kappa shape index (κ2) is 4.97. The summed E-state index contributed by atoms with van der Waals surface area (Å²) in [4.78, 5) is 7.71. The van der Waals surface area contributed by atoms with Crippen LogP contribution in [0.5, 0.6) is 0 Å². The van der Waals surface area contributed by atoms with Crippen LogP contribution in [0, 0.1) is 0 Å². The highest BCUT2D eigenvalue weighted by atomic mass is 35.5. The molecular weight excluding hydrogens is 204 g/mol. The van der Waals surface area contributed by atoms with E-state index >= 15 is 0 Å². The number of nitrogens with two attached hydrogens (primary N) is 1. The fourth-order valence-electron chi connectivity index (χ4n) is 1.01. The molecule has 0 aromatic carbocycles. The number of hydrogen-bond donors (Lipinski definition) is 2. The average Bonchev–Trinajstić information content (AvgIpc) is 2.12. The van der Waals surface area contributed by atoms with E-state index < -0.39 is 0 Å². The van der Waals surface area contributed by atoms with Crippen molar-refractivity contribution in [2.75, 3.05) is 24.8 Å². The van der Waals surface area contributed by atoms with E-state index in [2.05, 4.69) is 15.3 Å². The van der Waals surface area contributed by atoms with Crippen LogP contribution in [0.2, 0.25) is 5.28 Å². The number of anilines is 2. The molecule has 1 atom stereocenters. The highest BCUT2D eigenvalue weighted by Gasteiger charge is 2.06. The zero-order valence-corrected chi connectivity index (χ0v) is 8.88. The molecule has 0 spiro atoms. The van der Waals surface area contributed by atoms with Gasteiger partial charge in [0.25, 0.3) is 0 Å². The van der Waals surface area contributed by atoms with Crippen molar-refractivity contribution in [2.45, 2.75) is 13.0 Å². The largest absolute Gasteiger partial charge is 0.394 e. The van der Waals surface area contributed by atoms with E-state index in [4.69, 9.17) is 22.1 Å². The minimum atomic E-state index is 0.119. The Labute approximate surface area is 87.6 Å². The van der Waals surface area contributed by atoms with E-state index in [0.29, 0.717) is 18.1 Å². The highest BCUT2D eigenvalue weighted by molar-refractivity contribution is 6.28. The zero-order valence-electron chi connectivity index (χ0n) is 8.12. The normalized spacial score (nSPS) is 12.5. The van der Waals surface area contributed by atoms with E-state index in [1.165, 1.54) is 6.20 Å². The third-order valence-corrected chi connectivity index (χ3v) is 1.77. The number of nitrogens with zero attached hydrogens (tertiary/aromatic N) is 2. The molecule has 14 heavy (non-hydrogen) atoms. The van der Waals surface area contributed by atoms with Gasteiger partial charge < -0.3 is 15.8 Å². The summed E-state index contributed by atoms with van der Waals surface area (Å²) in [5.41, 5.74) is 6.12. The Morgan fingerprint density at radius 2 is 2.43 bits per heavy atom. The molecule has 0 amide bonds. The summed E-state index contributed by atoms with van der Waals surface area (Å²) in [5.74, 6) is 0.537. The summed E-state index contributed by atoms with van der Waals surface area (Å²) in [5, 5.41) is 3.24. The number of hydrogen-bond acceptors (Lipinski definition) is 5. The lowest BCUT2D eigenvalue weighted by molar-refractivity contribution is 0.190. The van der Waals surface area contributed by atoms with Crippen molar-refractivity contribution in [3.8, 4) is 0 Å². The van der Waals surface area contributed by atoms with Crippen molar-refractivity contribution in [2.24, 2.45) is 0 Å². The topological polar surface area (TPSA) is 73.1 Å². The Balaban J connectivity index is 2.70. The Morgan fingerprint density at radius 1 is 1.71 bits per heavy atom. The van der Waals surface area contributed by atoms with Gasteiger partial charge in [-0.1, -0.05) is 0 Å². The van der Waals surface area contributed by atoms with Crippen LogP contribution in [0.3, 0.4) is 0 Å². The second-order valence-electron chi connectivity index (χ2n) is 2.94. The molecule has 0 aliphatic rings. The van der Waals surface area contributed by atoms with Gasteiger partial charge in [0.15, 0.2) is 5.82 Å². The molecular formula is C8H13ClN4O. The van der Waals surface area contributed by atoms with Crippen LogP contribution in [0.25, 0.3) is 0 Å². The Hall–Kier alpha value is -1.07. The van der Waals surface area contributed by atoms with Gasteiger partial charge in [0, 0.05) is 13.2 Å². The van der Waals surface area contributed by atoms with E-state index in [-0.39, 0.29) is 11.3 Å². The molecule has 6 heteroatoms. The highest BCUT2D eigenvalue weighted by Crippen LogP contribution is 2.16. The lowest BCUT2D eigenvalue weighted by Gasteiger charge is -2.14. The third kappa shape index (κ3) is 3.01. The van der Waals surface area contributed by atoms with E-state index in [0.717, 1.165) is 0 Å². The lowest BCUT2D eigenvalue weighted by atomic mass is 10.3. The monoisotopic (exact) mass is 216 g/mol. The van der Waals surface area contributed by atoms with Crippen LogP contribution in [0.4, 0.5) is 11.5 Å². The van der Waals surface area contributed by atoms with Crippen molar-refractivity contribution in [3.63, 3.8) is 0 Å². The van der Waals surface area contributed by atoms with Crippen LogP contribution < -0.4 is 11.1 Å². The molecule has 5 nitrogen and oxygen atoms in total. The molecule has 1 rings (SSSR count). The van der Waals surface area contributed by atoms with Gasteiger partial charge in [-0.3, -0.25) is 0 Å². The SMILES string of the molecule is COC[C@H](C)Nc1nc(Cl)ncc1N. The molecule has 1 aromatic heterocycles. The maximum atomic E-state index is 5.65. The van der Waals surface area contributed by atoms with Gasteiger partial charge in [-0.05, 0) is 18.5 Å². The molecule has 0 bridgehead atoms. The quantitative estimate of drug-likeness (QED) is 0.739. The summed E-state index contributed by atoms with van der Waals surface area (Å²) in [6.07, 6.45) is 1.47. The first-order valence-electron chi connectivity index (χ1n) is 4.17. The number of methoxy groups -OCH3 is 1. The summed E-state index contributed by atoms with van der Waals surface area (Å²) >= 11 is 5.63. The van der Waals surface area contributed by atoms with Gasteiger partial charge in [-0.15, -0.1) is 0 Å². The molecule has 1 heterocycles. The number of halogens is 1. The first-order valence-corrected chi connectivity index (χ1v) is 4.54. The average molecular weight is 217 g/mol. The first kappa shape index (κ1) is 11.0. The predicted octanol–water partition coefficient (Wildman–Crippen LogP) is 1.16. The smallest absolute Gasteiger partial charge is 0.224 e. The van der Waals surface area contributed by atoms with Crippen molar-refractivity contribution in [3.05, 3.63) is 11.5 Å². The minimum absolute atomic E-state index is 0.119. The van der Waals surface area contributed by atoms with Gasteiger partial charge in [-0.25, -0.2) is 4.98 Å². The fourth-order valence-corrected chi connectivity index (χ4v) is 1.14. The summed E-state index contributed by atoms with van der Waals surface area (Å²) in [7, 11) is 1.63. The molecule has 0 unspecified atom stereocenters. The molecule has 78 valence electrons. The van der Waals surface area contributed by atoms with E-state index in [9.17, 15) is 0 Å². The fraction of sp³-hybridized carbons (Fsp3) is 0.500. The molecule has 0 aliphatic heterocycles. The van der Waals surface area contributed by atoms with Gasteiger partial charge in [0.05, 0.1) is 18.5 Å². The van der Waals surface area contributed by atoms with Crippen LogP contribution in [-0.2, 0) is 4.74 Å². The summed E-state index contributed by atoms with van der Waals surface area (Å²) in [6.45, 7) is 2.53. The second-order valence-corrected chi connectivity index (χ2v) is 3.28. The number of nitrogens with one attached hydrogen (secondary N) is 1. The molecule has 1 aromatic rings. The maximum Gasteiger partial charge on any atom is 0.224 e. The van der Waals surface area contributed by atoms with Crippen molar-refractivity contribution in [1.29, 1.82) is 0 Å². The van der Waals surface area contributed by atoms with Gasteiger partial charge >= 0.3 is 0 Å². The predicted molar refractivity (Wildman–Crippen MR) is 56.4 cm³/mol. The van der Waals surface area contributed by atoms with Gasteiger partial charge in [0.1, 0.15) is 0 Å². The Kier molecular flexibility index (Phi) is 3.91. The molecule has 0 fully saturated rings. The first-order chi connectivity index (χ1) is 6.63. The zero-order chi connectivity index (χ0) is 10.6. The molecule has 0 saturated heterocycles. The molecule has 0 saturated carbocycles. The number of nitrogen functional groups attached to an aromatic ring is 1. The van der Waals surface area contributed by atoms with Crippen LogP contribution in [-0.4, -0.2) is 29.7 Å². The summed E-state index contributed by atoms with van der Waals surface area (Å²) in [6, 6.07) is 0.119. The molecule has 0 radical (unpaired) electrons. The summed E-state index contributed by atoms with van der Waals surface area (Å²) < 4.78 is 4.97. The lowest BCUT2D eigenvalue weighted by Crippen LogP contribution is -2.22. The standard InChI is InChI=1S/C8H13ClN4O/c1-5(4-14-2)12-7-6(10)3-11-8(9)13-7/h3,5H,4,10H2,1-2H3,(H,11,12,13)/t5-/m0/s1. The van der Waals surface area contributed by atoms with Crippen LogP contribution in [0.1, 0.15) is 6.92 Å². The number of rotatable bonds is 4. The Morgan fingerprint density at radius 3 is 3.07 bits per heavy atom.